The molecule has 0 amide bonds. The zero-order chi connectivity index (χ0) is 10.5. The van der Waals surface area contributed by atoms with Crippen molar-refractivity contribution in [2.75, 3.05) is 0 Å². The van der Waals surface area contributed by atoms with Gasteiger partial charge in [0.25, 0.3) is 0 Å². The third-order valence-corrected chi connectivity index (χ3v) is 1.93. The molecular formula is C11H10N2O2. The Morgan fingerprint density at radius 1 is 1.33 bits per heavy atom. The average Bonchev–Trinajstić information content (AvgIpc) is 2.76. The standard InChI is InChI=1S/C11H10N2O2/c14-8-11-6-7-13(12-11)15-9-10-4-2-1-3-5-10/h1-7,12H,9H2. The fraction of sp³-hybridized carbons (Fsp3) is 0.0909. The predicted octanol–water partition coefficient (Wildman–Crippen LogP) is 1.17. The third-order valence-electron chi connectivity index (χ3n) is 1.93. The van der Waals surface area contributed by atoms with Crippen molar-refractivity contribution in [1.82, 2.24) is 10.6 Å². The van der Waals surface area contributed by atoms with Crippen LogP contribution in [0, 0.1) is 0 Å². The van der Waals surface area contributed by atoms with Gasteiger partial charge in [-0.15, -0.1) is 0 Å². The first kappa shape index (κ1) is 9.52. The van der Waals surface area contributed by atoms with Crippen molar-refractivity contribution >= 4 is 5.94 Å². The van der Waals surface area contributed by atoms with Crippen molar-refractivity contribution < 1.29 is 9.63 Å². The van der Waals surface area contributed by atoms with E-state index in [0.717, 1.165) is 5.56 Å². The van der Waals surface area contributed by atoms with Crippen LogP contribution in [-0.4, -0.2) is 11.1 Å². The Morgan fingerprint density at radius 3 is 2.80 bits per heavy atom. The van der Waals surface area contributed by atoms with Crippen molar-refractivity contribution in [3.8, 4) is 0 Å². The average molecular weight is 202 g/mol. The Morgan fingerprint density at radius 2 is 2.13 bits per heavy atom. The molecule has 0 atom stereocenters. The summed E-state index contributed by atoms with van der Waals surface area (Å²) >= 11 is 0. The first-order chi connectivity index (χ1) is 7.38. The number of nitrogens with one attached hydrogen (secondary N) is 1. The van der Waals surface area contributed by atoms with E-state index < -0.39 is 0 Å². The minimum Gasteiger partial charge on any atom is -0.264 e. The van der Waals surface area contributed by atoms with Gasteiger partial charge in [0.05, 0.1) is 6.20 Å². The predicted molar refractivity (Wildman–Crippen MR) is 54.6 cm³/mol. The van der Waals surface area contributed by atoms with Crippen molar-refractivity contribution in [2.24, 2.45) is 0 Å². The minimum atomic E-state index is 0.364. The Balaban J connectivity index is 1.86. The normalized spacial score (nSPS) is 13.9. The number of hydrazine groups is 1. The quantitative estimate of drug-likeness (QED) is 0.747. The second-order valence-electron chi connectivity index (χ2n) is 3.03. The van der Waals surface area contributed by atoms with E-state index in [1.165, 1.54) is 5.17 Å². The zero-order valence-corrected chi connectivity index (χ0v) is 8.01. The highest BCUT2D eigenvalue weighted by molar-refractivity contribution is 5.56. The lowest BCUT2D eigenvalue weighted by Gasteiger charge is -2.15. The maximum Gasteiger partial charge on any atom is 0.152 e. The van der Waals surface area contributed by atoms with Crippen LogP contribution in [0.2, 0.25) is 0 Å². The van der Waals surface area contributed by atoms with Gasteiger partial charge >= 0.3 is 0 Å². The highest BCUT2D eigenvalue weighted by Crippen LogP contribution is 2.06. The van der Waals surface area contributed by atoms with Gasteiger partial charge in [0.2, 0.25) is 0 Å². The SMILES string of the molecule is O=C=C1C=CN(OCc2ccccc2)N1. The molecule has 0 bridgehead atoms. The highest BCUT2D eigenvalue weighted by atomic mass is 16.7. The largest absolute Gasteiger partial charge is 0.264 e. The van der Waals surface area contributed by atoms with E-state index in [0.29, 0.717) is 12.3 Å². The number of hydroxylamine groups is 1. The van der Waals surface area contributed by atoms with Gasteiger partial charge in [-0.2, -0.15) is 5.17 Å². The molecule has 1 aliphatic rings. The van der Waals surface area contributed by atoms with Crippen LogP contribution in [0.1, 0.15) is 5.56 Å². The van der Waals surface area contributed by atoms with Crippen LogP contribution in [0.25, 0.3) is 0 Å². The summed E-state index contributed by atoms with van der Waals surface area (Å²) in [4.78, 5) is 15.6. The van der Waals surface area contributed by atoms with E-state index in [2.05, 4.69) is 5.43 Å². The Hall–Kier alpha value is -2.03. The summed E-state index contributed by atoms with van der Waals surface area (Å²) in [5, 5.41) is 1.38. The van der Waals surface area contributed by atoms with E-state index in [1.807, 2.05) is 30.3 Å². The van der Waals surface area contributed by atoms with Crippen LogP contribution in [0.4, 0.5) is 0 Å². The van der Waals surface area contributed by atoms with Crippen LogP contribution < -0.4 is 5.43 Å². The molecule has 4 nitrogen and oxygen atoms in total. The summed E-state index contributed by atoms with van der Waals surface area (Å²) in [6, 6.07) is 9.78. The van der Waals surface area contributed by atoms with Gasteiger partial charge in [0.1, 0.15) is 12.3 Å². The molecule has 1 aromatic carbocycles. The molecule has 0 aliphatic carbocycles. The molecule has 1 N–H and O–H groups in total. The minimum absolute atomic E-state index is 0.364. The van der Waals surface area contributed by atoms with E-state index in [-0.39, 0.29) is 0 Å². The topological polar surface area (TPSA) is 41.6 Å². The number of carbonyl (C=O) groups excluding carboxylic acids is 1. The summed E-state index contributed by atoms with van der Waals surface area (Å²) in [6.07, 6.45) is 3.22. The van der Waals surface area contributed by atoms with Gasteiger partial charge in [-0.1, -0.05) is 30.3 Å². The molecule has 4 heteroatoms. The monoisotopic (exact) mass is 202 g/mol. The highest BCUT2D eigenvalue weighted by Gasteiger charge is 2.08. The van der Waals surface area contributed by atoms with Crippen molar-refractivity contribution in [3.63, 3.8) is 0 Å². The van der Waals surface area contributed by atoms with Crippen LogP contribution in [0.3, 0.4) is 0 Å². The lowest BCUT2D eigenvalue weighted by Crippen LogP contribution is -2.27. The molecule has 0 fully saturated rings. The fourth-order valence-corrected chi connectivity index (χ4v) is 1.19. The van der Waals surface area contributed by atoms with E-state index in [9.17, 15) is 4.79 Å². The molecule has 0 unspecified atom stereocenters. The number of hydrogen-bond donors (Lipinski definition) is 1. The number of allylic oxidation sites excluding steroid dienone is 1. The Labute approximate surface area is 87.4 Å². The summed E-state index contributed by atoms with van der Waals surface area (Å²) in [7, 11) is 0. The number of rotatable bonds is 3. The molecule has 0 saturated heterocycles. The summed E-state index contributed by atoms with van der Waals surface area (Å²) in [5.41, 5.74) is 4.13. The van der Waals surface area contributed by atoms with Crippen LogP contribution in [0.15, 0.2) is 48.3 Å². The van der Waals surface area contributed by atoms with Gasteiger partial charge in [0.15, 0.2) is 5.94 Å². The van der Waals surface area contributed by atoms with Crippen LogP contribution >= 0.6 is 0 Å². The maximum absolute atomic E-state index is 10.3. The van der Waals surface area contributed by atoms with Crippen molar-refractivity contribution in [2.45, 2.75) is 6.61 Å². The lowest BCUT2D eigenvalue weighted by molar-refractivity contribution is -0.154. The molecule has 1 aromatic rings. The lowest BCUT2D eigenvalue weighted by atomic mass is 10.2. The number of nitrogens with zero attached hydrogens (tertiary/aromatic N) is 1. The van der Waals surface area contributed by atoms with Gasteiger partial charge in [-0.3, -0.25) is 5.43 Å². The molecular weight excluding hydrogens is 192 g/mol. The molecule has 0 spiro atoms. The first-order valence-electron chi connectivity index (χ1n) is 4.54. The van der Waals surface area contributed by atoms with Gasteiger partial charge in [-0.25, -0.2) is 9.63 Å². The molecule has 0 radical (unpaired) electrons. The van der Waals surface area contributed by atoms with Crippen molar-refractivity contribution in [1.29, 1.82) is 0 Å². The molecule has 0 aromatic heterocycles. The van der Waals surface area contributed by atoms with Gasteiger partial charge in [-0.05, 0) is 11.6 Å². The first-order valence-corrected chi connectivity index (χ1v) is 4.54. The van der Waals surface area contributed by atoms with Crippen molar-refractivity contribution in [3.05, 3.63) is 53.9 Å². The maximum atomic E-state index is 10.3. The van der Waals surface area contributed by atoms with Gasteiger partial charge < -0.3 is 0 Å². The fourth-order valence-electron chi connectivity index (χ4n) is 1.19. The Kier molecular flexibility index (Phi) is 2.83. The van der Waals surface area contributed by atoms with E-state index >= 15 is 0 Å². The van der Waals surface area contributed by atoms with Gasteiger partial charge in [0, 0.05) is 0 Å². The zero-order valence-electron chi connectivity index (χ0n) is 8.01. The Bertz CT molecular complexity index is 408. The molecule has 2 rings (SSSR count). The van der Waals surface area contributed by atoms with Crippen LogP contribution in [-0.2, 0) is 16.2 Å². The summed E-state index contributed by atoms with van der Waals surface area (Å²) < 4.78 is 0. The molecule has 1 heterocycles. The molecule has 0 saturated carbocycles. The molecule has 15 heavy (non-hydrogen) atoms. The molecule has 76 valence electrons. The molecule has 1 aliphatic heterocycles. The smallest absolute Gasteiger partial charge is 0.152 e. The van der Waals surface area contributed by atoms with Crippen LogP contribution in [0.5, 0.6) is 0 Å². The summed E-state index contributed by atoms with van der Waals surface area (Å²) in [6.45, 7) is 0.449. The number of hydrogen-bond acceptors (Lipinski definition) is 4. The third kappa shape index (κ3) is 2.47. The number of benzene rings is 1. The summed E-state index contributed by atoms with van der Waals surface area (Å²) in [5.74, 6) is 1.74. The second-order valence-corrected chi connectivity index (χ2v) is 3.03. The van der Waals surface area contributed by atoms with E-state index in [1.54, 1.807) is 18.2 Å². The second kappa shape index (κ2) is 4.46. The van der Waals surface area contributed by atoms with E-state index in [4.69, 9.17) is 4.84 Å².